The van der Waals surface area contributed by atoms with Crippen LogP contribution in [0.1, 0.15) is 55.4 Å². The van der Waals surface area contributed by atoms with E-state index in [-0.39, 0.29) is 29.4 Å². The maximum Gasteiger partial charge on any atom is 0.271 e. The molecule has 1 unspecified atom stereocenters. The maximum absolute atomic E-state index is 13.6. The number of aliphatic hydroxyl groups is 1. The number of anilines is 1. The van der Waals surface area contributed by atoms with Crippen molar-refractivity contribution in [2.75, 3.05) is 38.6 Å². The molecule has 2 saturated heterocycles. The Balaban J connectivity index is 1.26. The van der Waals surface area contributed by atoms with Gasteiger partial charge in [-0.2, -0.15) is 0 Å². The Kier molecular flexibility index (Phi) is 6.44. The molecule has 4 heterocycles. The van der Waals surface area contributed by atoms with E-state index in [1.807, 2.05) is 6.07 Å². The number of piperidine rings is 1. The first-order valence-electron chi connectivity index (χ1n) is 12.6. The van der Waals surface area contributed by atoms with E-state index >= 15 is 0 Å². The van der Waals surface area contributed by atoms with Crippen LogP contribution < -0.4 is 4.90 Å². The molecular weight excluding hydrogens is 444 g/mol. The van der Waals surface area contributed by atoms with Gasteiger partial charge in [-0.15, -0.1) is 0 Å². The van der Waals surface area contributed by atoms with E-state index in [1.54, 1.807) is 38.8 Å². The summed E-state index contributed by atoms with van der Waals surface area (Å²) in [5, 5.41) is 9.84. The Hall–Kier alpha value is -3.07. The number of nitrogens with zero attached hydrogens (tertiary/aromatic N) is 6. The van der Waals surface area contributed by atoms with Crippen LogP contribution in [0.3, 0.4) is 0 Å². The zero-order valence-corrected chi connectivity index (χ0v) is 20.6. The summed E-state index contributed by atoms with van der Waals surface area (Å²) in [6.07, 6.45) is 11.1. The Morgan fingerprint density at radius 1 is 1.00 bits per heavy atom. The predicted octanol–water partition coefficient (Wildman–Crippen LogP) is 2.36. The van der Waals surface area contributed by atoms with Crippen molar-refractivity contribution in [3.63, 3.8) is 0 Å². The Bertz CT molecular complexity index is 1070. The fraction of sp³-hybridized carbons (Fsp3) is 0.577. The fourth-order valence-electron chi connectivity index (χ4n) is 5.80. The van der Waals surface area contributed by atoms with Gasteiger partial charge in [0.1, 0.15) is 5.69 Å². The highest BCUT2D eigenvalue weighted by molar-refractivity contribution is 5.92. The molecule has 186 valence electrons. The summed E-state index contributed by atoms with van der Waals surface area (Å²) in [5.41, 5.74) is 1.73. The molecule has 9 nitrogen and oxygen atoms in total. The molecule has 1 N–H and O–H groups in total. The normalized spacial score (nSPS) is 26.9. The molecule has 35 heavy (non-hydrogen) atoms. The van der Waals surface area contributed by atoms with Crippen molar-refractivity contribution >= 4 is 17.8 Å². The van der Waals surface area contributed by atoms with Crippen molar-refractivity contribution in [3.8, 4) is 11.1 Å². The number of aliphatic hydroxyl groups excluding tert-OH is 1. The van der Waals surface area contributed by atoms with Gasteiger partial charge in [0, 0.05) is 69.5 Å². The van der Waals surface area contributed by atoms with Crippen molar-refractivity contribution in [2.45, 2.75) is 57.1 Å². The van der Waals surface area contributed by atoms with Crippen LogP contribution in [0.25, 0.3) is 11.1 Å². The van der Waals surface area contributed by atoms with E-state index in [9.17, 15) is 14.7 Å². The zero-order valence-electron chi connectivity index (χ0n) is 20.6. The standard InChI is InChI=1S/C26H34N6O3/c1-30(2)23(34)22-9-4-18(14-27-22)19-15-28-25(29-16-19)31-12-3-10-26(17-31)11-13-32(24(26)35)20-5-7-21(33)8-6-20/h4,9,14-16,20-21,33H,3,5-8,10-13,17H2,1-2H3/t20-,21+,26?. The van der Waals surface area contributed by atoms with E-state index < -0.39 is 0 Å². The summed E-state index contributed by atoms with van der Waals surface area (Å²) < 4.78 is 0. The minimum absolute atomic E-state index is 0.136. The van der Waals surface area contributed by atoms with Crippen molar-refractivity contribution in [3.05, 3.63) is 36.4 Å². The van der Waals surface area contributed by atoms with Crippen molar-refractivity contribution < 1.29 is 14.7 Å². The molecule has 5 rings (SSSR count). The van der Waals surface area contributed by atoms with E-state index in [0.717, 1.165) is 69.2 Å². The molecule has 1 spiro atoms. The van der Waals surface area contributed by atoms with Crippen molar-refractivity contribution in [1.29, 1.82) is 0 Å². The molecule has 0 aromatic carbocycles. The molecule has 1 aliphatic carbocycles. The SMILES string of the molecule is CN(C)C(=O)c1ccc(-c2cnc(N3CCCC4(CCN([C@H]5CC[C@@H](O)CC5)C4=O)C3)nc2)cn1. The second kappa shape index (κ2) is 9.53. The predicted molar refractivity (Wildman–Crippen MR) is 132 cm³/mol. The molecule has 9 heteroatoms. The van der Waals surface area contributed by atoms with Gasteiger partial charge in [-0.25, -0.2) is 9.97 Å². The van der Waals surface area contributed by atoms with Gasteiger partial charge in [-0.3, -0.25) is 14.6 Å². The Morgan fingerprint density at radius 2 is 1.71 bits per heavy atom. The van der Waals surface area contributed by atoms with Crippen LogP contribution in [0, 0.1) is 5.41 Å². The third-order valence-electron chi connectivity index (χ3n) is 7.87. The van der Waals surface area contributed by atoms with Crippen LogP contribution in [0.4, 0.5) is 5.95 Å². The van der Waals surface area contributed by atoms with E-state index in [0.29, 0.717) is 18.2 Å². The average Bonchev–Trinajstić information content (AvgIpc) is 3.19. The number of aromatic nitrogens is 3. The second-order valence-corrected chi connectivity index (χ2v) is 10.4. The van der Waals surface area contributed by atoms with Crippen LogP contribution in [0.15, 0.2) is 30.7 Å². The smallest absolute Gasteiger partial charge is 0.271 e. The summed E-state index contributed by atoms with van der Waals surface area (Å²) in [5.74, 6) is 0.786. The van der Waals surface area contributed by atoms with Crippen molar-refractivity contribution in [1.82, 2.24) is 24.8 Å². The molecule has 0 bridgehead atoms. The number of hydrogen-bond acceptors (Lipinski definition) is 7. The minimum atomic E-state index is -0.352. The molecule has 1 saturated carbocycles. The topological polar surface area (TPSA) is 103 Å². The molecule has 2 aromatic heterocycles. The van der Waals surface area contributed by atoms with Gasteiger partial charge in [0.2, 0.25) is 11.9 Å². The lowest BCUT2D eigenvalue weighted by molar-refractivity contribution is -0.139. The van der Waals surface area contributed by atoms with Gasteiger partial charge in [0.15, 0.2) is 0 Å². The lowest BCUT2D eigenvalue weighted by atomic mass is 9.78. The fourth-order valence-corrected chi connectivity index (χ4v) is 5.80. The van der Waals surface area contributed by atoms with Crippen LogP contribution in [-0.4, -0.2) is 87.5 Å². The van der Waals surface area contributed by atoms with Gasteiger partial charge in [-0.05, 0) is 51.0 Å². The van der Waals surface area contributed by atoms with Gasteiger partial charge >= 0.3 is 0 Å². The lowest BCUT2D eigenvalue weighted by Crippen LogP contribution is -2.50. The highest BCUT2D eigenvalue weighted by Crippen LogP contribution is 2.43. The second-order valence-electron chi connectivity index (χ2n) is 10.4. The van der Waals surface area contributed by atoms with Gasteiger partial charge in [0.25, 0.3) is 5.91 Å². The Labute approximate surface area is 206 Å². The highest BCUT2D eigenvalue weighted by atomic mass is 16.3. The van der Waals surface area contributed by atoms with Crippen LogP contribution >= 0.6 is 0 Å². The summed E-state index contributed by atoms with van der Waals surface area (Å²) in [6, 6.07) is 3.84. The van der Waals surface area contributed by atoms with Gasteiger partial charge in [0.05, 0.1) is 11.5 Å². The zero-order chi connectivity index (χ0) is 24.6. The number of carbonyl (C=O) groups excluding carboxylic acids is 2. The number of hydrogen-bond donors (Lipinski definition) is 1. The van der Waals surface area contributed by atoms with Gasteiger partial charge < -0.3 is 19.8 Å². The molecular formula is C26H34N6O3. The summed E-state index contributed by atoms with van der Waals surface area (Å²) in [7, 11) is 3.40. The average molecular weight is 479 g/mol. The molecule has 2 aliphatic heterocycles. The third kappa shape index (κ3) is 4.61. The number of pyridine rings is 1. The Morgan fingerprint density at radius 3 is 2.37 bits per heavy atom. The largest absolute Gasteiger partial charge is 0.393 e. The first-order valence-corrected chi connectivity index (χ1v) is 12.6. The first-order chi connectivity index (χ1) is 16.9. The van der Waals surface area contributed by atoms with E-state index in [2.05, 4.69) is 24.8 Å². The minimum Gasteiger partial charge on any atom is -0.393 e. The number of rotatable bonds is 4. The number of likely N-dealkylation sites (tertiary alicyclic amines) is 1. The number of amides is 2. The molecule has 0 radical (unpaired) electrons. The molecule has 1 atom stereocenters. The van der Waals surface area contributed by atoms with Crippen LogP contribution in [0.2, 0.25) is 0 Å². The molecule has 2 amide bonds. The lowest BCUT2D eigenvalue weighted by Gasteiger charge is -2.40. The molecule has 3 aliphatic rings. The van der Waals surface area contributed by atoms with E-state index in [1.165, 1.54) is 4.90 Å². The number of carbonyl (C=O) groups is 2. The summed E-state index contributed by atoms with van der Waals surface area (Å²) >= 11 is 0. The summed E-state index contributed by atoms with van der Waals surface area (Å²) in [4.78, 5) is 44.9. The highest BCUT2D eigenvalue weighted by Gasteiger charge is 2.51. The van der Waals surface area contributed by atoms with Crippen molar-refractivity contribution in [2.24, 2.45) is 5.41 Å². The van der Waals surface area contributed by atoms with Crippen LogP contribution in [0.5, 0.6) is 0 Å². The maximum atomic E-state index is 13.6. The quantitative estimate of drug-likeness (QED) is 0.720. The summed E-state index contributed by atoms with van der Waals surface area (Å²) in [6.45, 7) is 2.30. The monoisotopic (exact) mass is 478 g/mol. The molecule has 3 fully saturated rings. The van der Waals surface area contributed by atoms with Gasteiger partial charge in [-0.1, -0.05) is 6.07 Å². The third-order valence-corrected chi connectivity index (χ3v) is 7.87. The first kappa shape index (κ1) is 23.7. The van der Waals surface area contributed by atoms with E-state index in [4.69, 9.17) is 0 Å². The molecule has 2 aromatic rings. The van der Waals surface area contributed by atoms with Crippen LogP contribution in [-0.2, 0) is 4.79 Å².